The van der Waals surface area contributed by atoms with Crippen molar-refractivity contribution < 1.29 is 13.9 Å². The third-order valence-electron chi connectivity index (χ3n) is 3.82. The Balaban J connectivity index is 1.51. The molecule has 4 nitrogen and oxygen atoms in total. The summed E-state index contributed by atoms with van der Waals surface area (Å²) in [5.74, 6) is 0.848. The molecule has 1 heterocycles. The first-order valence-electron chi connectivity index (χ1n) is 8.43. The van der Waals surface area contributed by atoms with Crippen LogP contribution in [0.25, 0.3) is 0 Å². The van der Waals surface area contributed by atoms with Crippen molar-refractivity contribution in [3.63, 3.8) is 0 Å². The fourth-order valence-electron chi connectivity index (χ4n) is 2.50. The zero-order chi connectivity index (χ0) is 18.4. The number of furan rings is 1. The fraction of sp³-hybridized carbons (Fsp3) is 0.190. The molecular weight excluding hydrogens is 346 g/mol. The molecule has 1 amide bonds. The number of ether oxygens (including phenoxy) is 1. The summed E-state index contributed by atoms with van der Waals surface area (Å²) < 4.78 is 11.2. The first-order valence-corrected chi connectivity index (χ1v) is 9.25. The molecule has 0 aliphatic rings. The Morgan fingerprint density at radius 3 is 2.46 bits per heavy atom. The Morgan fingerprint density at radius 2 is 1.73 bits per heavy atom. The molecule has 0 radical (unpaired) electrons. The Morgan fingerprint density at radius 1 is 1.00 bits per heavy atom. The molecule has 0 fully saturated rings. The van der Waals surface area contributed by atoms with Crippen molar-refractivity contribution >= 4 is 17.7 Å². The largest absolute Gasteiger partial charge is 0.492 e. The van der Waals surface area contributed by atoms with Gasteiger partial charge in [-0.1, -0.05) is 48.2 Å². The van der Waals surface area contributed by atoms with Crippen LogP contribution in [0.4, 0.5) is 0 Å². The highest BCUT2D eigenvalue weighted by atomic mass is 32.2. The lowest BCUT2D eigenvalue weighted by Crippen LogP contribution is -2.27. The highest BCUT2D eigenvalue weighted by molar-refractivity contribution is 7.99. The minimum Gasteiger partial charge on any atom is -0.492 e. The molecule has 0 unspecified atom stereocenters. The SMILES string of the molecule is Cc1cccc(C)c1Sc1ccc(C(=O)NCCOc2ccccc2)o1. The van der Waals surface area contributed by atoms with E-state index >= 15 is 0 Å². The van der Waals surface area contributed by atoms with Crippen LogP contribution in [0.2, 0.25) is 0 Å². The van der Waals surface area contributed by atoms with Gasteiger partial charge in [-0.15, -0.1) is 0 Å². The van der Waals surface area contributed by atoms with Crippen LogP contribution in [0, 0.1) is 13.8 Å². The third kappa shape index (κ3) is 4.70. The van der Waals surface area contributed by atoms with Gasteiger partial charge in [-0.25, -0.2) is 0 Å². The van der Waals surface area contributed by atoms with Crippen LogP contribution in [0.1, 0.15) is 21.7 Å². The lowest BCUT2D eigenvalue weighted by Gasteiger charge is -2.07. The second-order valence-corrected chi connectivity index (χ2v) is 6.87. The van der Waals surface area contributed by atoms with Gasteiger partial charge in [0.25, 0.3) is 5.91 Å². The van der Waals surface area contributed by atoms with Gasteiger partial charge in [0.15, 0.2) is 10.9 Å². The van der Waals surface area contributed by atoms with E-state index < -0.39 is 0 Å². The van der Waals surface area contributed by atoms with Crippen molar-refractivity contribution in [3.05, 3.63) is 77.6 Å². The first-order chi connectivity index (χ1) is 12.6. The molecule has 3 aromatic rings. The summed E-state index contributed by atoms with van der Waals surface area (Å²) in [4.78, 5) is 13.3. The van der Waals surface area contributed by atoms with Crippen LogP contribution in [0.3, 0.4) is 0 Å². The van der Waals surface area contributed by atoms with E-state index in [0.717, 1.165) is 10.6 Å². The molecule has 1 aromatic heterocycles. The van der Waals surface area contributed by atoms with Gasteiger partial charge >= 0.3 is 0 Å². The zero-order valence-electron chi connectivity index (χ0n) is 14.8. The quantitative estimate of drug-likeness (QED) is 0.606. The maximum atomic E-state index is 12.2. The predicted molar refractivity (Wildman–Crippen MR) is 103 cm³/mol. The average molecular weight is 367 g/mol. The van der Waals surface area contributed by atoms with Crippen LogP contribution in [0.5, 0.6) is 5.75 Å². The van der Waals surface area contributed by atoms with Gasteiger partial charge in [-0.05, 0) is 49.2 Å². The summed E-state index contributed by atoms with van der Waals surface area (Å²) in [6.45, 7) is 4.95. The maximum absolute atomic E-state index is 12.2. The van der Waals surface area contributed by atoms with E-state index in [2.05, 4.69) is 31.3 Å². The van der Waals surface area contributed by atoms with Crippen LogP contribution in [0.15, 0.2) is 75.1 Å². The molecule has 0 saturated heterocycles. The predicted octanol–water partition coefficient (Wildman–Crippen LogP) is 4.86. The highest BCUT2D eigenvalue weighted by Crippen LogP contribution is 2.33. The summed E-state index contributed by atoms with van der Waals surface area (Å²) in [5, 5.41) is 3.50. The van der Waals surface area contributed by atoms with Gasteiger partial charge in [0.1, 0.15) is 12.4 Å². The summed E-state index contributed by atoms with van der Waals surface area (Å²) >= 11 is 1.53. The molecule has 0 bridgehead atoms. The molecular formula is C21H21NO3S. The van der Waals surface area contributed by atoms with E-state index in [1.165, 1.54) is 22.9 Å². The van der Waals surface area contributed by atoms with Crippen molar-refractivity contribution in [1.29, 1.82) is 0 Å². The number of carbonyl (C=O) groups excluding carboxylic acids is 1. The Labute approximate surface area is 157 Å². The molecule has 3 rings (SSSR count). The number of para-hydroxylation sites is 1. The van der Waals surface area contributed by atoms with Crippen molar-refractivity contribution in [2.45, 2.75) is 23.8 Å². The number of aryl methyl sites for hydroxylation is 2. The molecule has 2 aromatic carbocycles. The smallest absolute Gasteiger partial charge is 0.287 e. The van der Waals surface area contributed by atoms with Crippen molar-refractivity contribution in [2.24, 2.45) is 0 Å². The molecule has 0 spiro atoms. The molecule has 134 valence electrons. The molecule has 5 heteroatoms. The number of carbonyl (C=O) groups is 1. The monoisotopic (exact) mass is 367 g/mol. The third-order valence-corrected chi connectivity index (χ3v) is 5.08. The minimum atomic E-state index is -0.241. The van der Waals surface area contributed by atoms with E-state index in [0.29, 0.717) is 24.0 Å². The topological polar surface area (TPSA) is 51.5 Å². The number of amides is 1. The number of hydrogen-bond acceptors (Lipinski definition) is 4. The minimum absolute atomic E-state index is 0.241. The lowest BCUT2D eigenvalue weighted by molar-refractivity contribution is 0.0914. The fourth-order valence-corrected chi connectivity index (χ4v) is 3.42. The molecule has 0 atom stereocenters. The van der Waals surface area contributed by atoms with Crippen LogP contribution >= 0.6 is 11.8 Å². The van der Waals surface area contributed by atoms with Gasteiger partial charge in [0.2, 0.25) is 0 Å². The van der Waals surface area contributed by atoms with Crippen molar-refractivity contribution in [3.8, 4) is 5.75 Å². The van der Waals surface area contributed by atoms with Gasteiger partial charge in [-0.2, -0.15) is 0 Å². The number of benzene rings is 2. The number of rotatable bonds is 7. The summed E-state index contributed by atoms with van der Waals surface area (Å²) in [5.41, 5.74) is 2.38. The highest BCUT2D eigenvalue weighted by Gasteiger charge is 2.13. The Kier molecular flexibility index (Phi) is 6.02. The second-order valence-electron chi connectivity index (χ2n) is 5.86. The van der Waals surface area contributed by atoms with Crippen LogP contribution in [-0.4, -0.2) is 19.1 Å². The van der Waals surface area contributed by atoms with Crippen molar-refractivity contribution in [2.75, 3.05) is 13.2 Å². The zero-order valence-corrected chi connectivity index (χ0v) is 15.6. The molecule has 26 heavy (non-hydrogen) atoms. The van der Waals surface area contributed by atoms with Crippen LogP contribution in [-0.2, 0) is 0 Å². The molecule has 0 saturated carbocycles. The number of hydrogen-bond donors (Lipinski definition) is 1. The van der Waals surface area contributed by atoms with Gasteiger partial charge in [0, 0.05) is 4.90 Å². The van der Waals surface area contributed by atoms with Gasteiger partial charge in [-0.3, -0.25) is 4.79 Å². The van der Waals surface area contributed by atoms with Gasteiger partial charge < -0.3 is 14.5 Å². The summed E-state index contributed by atoms with van der Waals surface area (Å²) in [7, 11) is 0. The van der Waals surface area contributed by atoms with E-state index in [1.807, 2.05) is 42.5 Å². The summed E-state index contributed by atoms with van der Waals surface area (Å²) in [6, 6.07) is 19.2. The number of nitrogens with one attached hydrogen (secondary N) is 1. The Bertz CT molecular complexity index is 854. The van der Waals surface area contributed by atoms with E-state index in [9.17, 15) is 4.79 Å². The average Bonchev–Trinajstić information content (AvgIpc) is 3.11. The lowest BCUT2D eigenvalue weighted by atomic mass is 10.2. The molecule has 1 N–H and O–H groups in total. The van der Waals surface area contributed by atoms with E-state index in [1.54, 1.807) is 6.07 Å². The second kappa shape index (κ2) is 8.63. The van der Waals surface area contributed by atoms with E-state index in [-0.39, 0.29) is 5.91 Å². The van der Waals surface area contributed by atoms with Crippen LogP contribution < -0.4 is 10.1 Å². The first kappa shape index (κ1) is 18.1. The molecule has 0 aliphatic heterocycles. The standard InChI is InChI=1S/C21H21NO3S/c1-15-7-6-8-16(2)20(15)26-19-12-11-18(25-19)21(23)22-13-14-24-17-9-4-3-5-10-17/h3-12H,13-14H2,1-2H3,(H,22,23). The van der Waals surface area contributed by atoms with Gasteiger partial charge in [0.05, 0.1) is 6.54 Å². The molecule has 0 aliphatic carbocycles. The maximum Gasteiger partial charge on any atom is 0.287 e. The van der Waals surface area contributed by atoms with E-state index in [4.69, 9.17) is 9.15 Å². The van der Waals surface area contributed by atoms with Crippen molar-refractivity contribution in [1.82, 2.24) is 5.32 Å². The normalized spacial score (nSPS) is 10.5. The Hall–Kier alpha value is -2.66. The summed E-state index contributed by atoms with van der Waals surface area (Å²) in [6.07, 6.45) is 0.